The van der Waals surface area contributed by atoms with E-state index in [0.29, 0.717) is 13.2 Å². The Morgan fingerprint density at radius 3 is 2.43 bits per heavy atom. The molecule has 0 N–H and O–H groups in total. The Kier molecular flexibility index (Phi) is 5.61. The summed E-state index contributed by atoms with van der Waals surface area (Å²) in [6.07, 6.45) is 4.64. The molecular formula is C19H24N2O2. The number of aromatic nitrogens is 1. The van der Waals surface area contributed by atoms with Crippen molar-refractivity contribution in [2.75, 3.05) is 33.4 Å². The molecule has 0 amide bonds. The van der Waals surface area contributed by atoms with Crippen LogP contribution in [0.5, 0.6) is 5.75 Å². The van der Waals surface area contributed by atoms with Crippen molar-refractivity contribution in [3.8, 4) is 17.0 Å². The van der Waals surface area contributed by atoms with E-state index < -0.39 is 0 Å². The summed E-state index contributed by atoms with van der Waals surface area (Å²) in [6, 6.07) is 12.3. The van der Waals surface area contributed by atoms with Gasteiger partial charge < -0.3 is 9.47 Å². The van der Waals surface area contributed by atoms with Crippen molar-refractivity contribution in [3.63, 3.8) is 0 Å². The van der Waals surface area contributed by atoms with Gasteiger partial charge in [-0.25, -0.2) is 0 Å². The summed E-state index contributed by atoms with van der Waals surface area (Å²) >= 11 is 0. The molecule has 0 unspecified atom stereocenters. The summed E-state index contributed by atoms with van der Waals surface area (Å²) in [5, 5.41) is 0. The van der Waals surface area contributed by atoms with Gasteiger partial charge in [0.25, 0.3) is 0 Å². The second-order valence-corrected chi connectivity index (χ2v) is 5.90. The van der Waals surface area contributed by atoms with Crippen molar-refractivity contribution >= 4 is 0 Å². The zero-order valence-electron chi connectivity index (χ0n) is 13.7. The molecule has 1 saturated heterocycles. The molecule has 0 radical (unpaired) electrons. The van der Waals surface area contributed by atoms with Crippen LogP contribution >= 0.6 is 0 Å². The Balaban J connectivity index is 1.59. The minimum absolute atomic E-state index is 0.569. The Morgan fingerprint density at radius 2 is 1.78 bits per heavy atom. The number of hydrogen-bond donors (Lipinski definition) is 0. The Labute approximate surface area is 138 Å². The molecule has 0 atom stereocenters. The van der Waals surface area contributed by atoms with Crippen molar-refractivity contribution in [1.82, 2.24) is 9.88 Å². The SMILES string of the molecule is COCCOc1ccc(-c2ccc(CN3CCCC3)cn2)cc1. The maximum atomic E-state index is 5.58. The fourth-order valence-electron chi connectivity index (χ4n) is 2.85. The molecule has 0 aliphatic carbocycles. The van der Waals surface area contributed by atoms with Crippen LogP contribution < -0.4 is 4.74 Å². The molecule has 2 aromatic rings. The summed E-state index contributed by atoms with van der Waals surface area (Å²) in [4.78, 5) is 7.10. The largest absolute Gasteiger partial charge is 0.491 e. The van der Waals surface area contributed by atoms with Gasteiger partial charge in [-0.2, -0.15) is 0 Å². The zero-order chi connectivity index (χ0) is 15.9. The van der Waals surface area contributed by atoms with Crippen LogP contribution in [0.25, 0.3) is 11.3 Å². The van der Waals surface area contributed by atoms with Gasteiger partial charge in [-0.05, 0) is 61.8 Å². The van der Waals surface area contributed by atoms with E-state index >= 15 is 0 Å². The van der Waals surface area contributed by atoms with E-state index in [9.17, 15) is 0 Å². The predicted molar refractivity (Wildman–Crippen MR) is 91.6 cm³/mol. The molecule has 1 aliphatic rings. The van der Waals surface area contributed by atoms with Gasteiger partial charge in [-0.1, -0.05) is 6.07 Å². The van der Waals surface area contributed by atoms with Crippen LogP contribution in [0.2, 0.25) is 0 Å². The normalized spacial score (nSPS) is 15.0. The first kappa shape index (κ1) is 16.0. The third-order valence-corrected chi connectivity index (χ3v) is 4.14. The molecule has 4 heteroatoms. The molecule has 2 heterocycles. The molecule has 1 aromatic carbocycles. The highest BCUT2D eigenvalue weighted by Gasteiger charge is 2.11. The lowest BCUT2D eigenvalue weighted by molar-refractivity contribution is 0.146. The first-order chi connectivity index (χ1) is 11.3. The van der Waals surface area contributed by atoms with Crippen LogP contribution in [0.3, 0.4) is 0 Å². The van der Waals surface area contributed by atoms with E-state index in [2.05, 4.69) is 22.0 Å². The molecule has 0 spiro atoms. The average molecular weight is 312 g/mol. The van der Waals surface area contributed by atoms with Gasteiger partial charge in [0.1, 0.15) is 12.4 Å². The van der Waals surface area contributed by atoms with Crippen LogP contribution in [0.1, 0.15) is 18.4 Å². The zero-order valence-corrected chi connectivity index (χ0v) is 13.7. The minimum atomic E-state index is 0.569. The van der Waals surface area contributed by atoms with Gasteiger partial charge in [0.2, 0.25) is 0 Å². The molecule has 1 aliphatic heterocycles. The molecule has 0 bridgehead atoms. The predicted octanol–water partition coefficient (Wildman–Crippen LogP) is 3.37. The molecule has 4 nitrogen and oxygen atoms in total. The van der Waals surface area contributed by atoms with Crippen LogP contribution in [0.15, 0.2) is 42.6 Å². The standard InChI is InChI=1S/C19H24N2O2/c1-22-12-13-23-18-7-5-17(6-8-18)19-9-4-16(14-20-19)15-21-10-2-3-11-21/h4-9,14H,2-3,10-13,15H2,1H3. The fourth-order valence-corrected chi connectivity index (χ4v) is 2.85. The van der Waals surface area contributed by atoms with Gasteiger partial charge >= 0.3 is 0 Å². The summed E-state index contributed by atoms with van der Waals surface area (Å²) in [5.41, 5.74) is 3.39. The molecule has 1 aromatic heterocycles. The van der Waals surface area contributed by atoms with Crippen LogP contribution in [0, 0.1) is 0 Å². The molecule has 1 fully saturated rings. The highest BCUT2D eigenvalue weighted by molar-refractivity contribution is 5.60. The number of rotatable bonds is 7. The number of ether oxygens (including phenoxy) is 2. The fraction of sp³-hybridized carbons (Fsp3) is 0.421. The maximum Gasteiger partial charge on any atom is 0.119 e. The smallest absolute Gasteiger partial charge is 0.119 e. The highest BCUT2D eigenvalue weighted by atomic mass is 16.5. The Bertz CT molecular complexity index is 590. The Morgan fingerprint density at radius 1 is 1.00 bits per heavy atom. The number of benzene rings is 1. The Hall–Kier alpha value is -1.91. The molecule has 3 rings (SSSR count). The van der Waals surface area contributed by atoms with Gasteiger partial charge in [0.05, 0.1) is 12.3 Å². The highest BCUT2D eigenvalue weighted by Crippen LogP contribution is 2.21. The van der Waals surface area contributed by atoms with E-state index in [1.54, 1.807) is 7.11 Å². The lowest BCUT2D eigenvalue weighted by atomic mass is 10.1. The monoisotopic (exact) mass is 312 g/mol. The van der Waals surface area contributed by atoms with Gasteiger partial charge in [0, 0.05) is 25.4 Å². The van der Waals surface area contributed by atoms with Crippen molar-refractivity contribution in [2.24, 2.45) is 0 Å². The molecule has 23 heavy (non-hydrogen) atoms. The first-order valence-corrected chi connectivity index (χ1v) is 8.24. The van der Waals surface area contributed by atoms with E-state index in [0.717, 1.165) is 23.6 Å². The van der Waals surface area contributed by atoms with E-state index in [-0.39, 0.29) is 0 Å². The second-order valence-electron chi connectivity index (χ2n) is 5.90. The van der Waals surface area contributed by atoms with Crippen molar-refractivity contribution in [2.45, 2.75) is 19.4 Å². The topological polar surface area (TPSA) is 34.6 Å². The lowest BCUT2D eigenvalue weighted by Crippen LogP contribution is -2.18. The van der Waals surface area contributed by atoms with Gasteiger partial charge in [0.15, 0.2) is 0 Å². The number of hydrogen-bond acceptors (Lipinski definition) is 4. The number of likely N-dealkylation sites (tertiary alicyclic amines) is 1. The van der Waals surface area contributed by atoms with Crippen molar-refractivity contribution in [1.29, 1.82) is 0 Å². The molecule has 122 valence electrons. The summed E-state index contributed by atoms with van der Waals surface area (Å²) in [7, 11) is 1.67. The quantitative estimate of drug-likeness (QED) is 0.734. The van der Waals surface area contributed by atoms with Crippen LogP contribution in [-0.4, -0.2) is 43.3 Å². The van der Waals surface area contributed by atoms with E-state index in [1.165, 1.54) is 31.5 Å². The van der Waals surface area contributed by atoms with Gasteiger partial charge in [-0.15, -0.1) is 0 Å². The number of pyridine rings is 1. The minimum Gasteiger partial charge on any atom is -0.491 e. The summed E-state index contributed by atoms with van der Waals surface area (Å²) < 4.78 is 10.6. The summed E-state index contributed by atoms with van der Waals surface area (Å²) in [5.74, 6) is 0.858. The van der Waals surface area contributed by atoms with Crippen molar-refractivity contribution < 1.29 is 9.47 Å². The summed E-state index contributed by atoms with van der Waals surface area (Å²) in [6.45, 7) is 4.61. The lowest BCUT2D eigenvalue weighted by Gasteiger charge is -2.14. The van der Waals surface area contributed by atoms with E-state index in [1.807, 2.05) is 30.5 Å². The number of methoxy groups -OCH3 is 1. The average Bonchev–Trinajstić information content (AvgIpc) is 3.10. The van der Waals surface area contributed by atoms with E-state index in [4.69, 9.17) is 9.47 Å². The molecular weight excluding hydrogens is 288 g/mol. The third kappa shape index (κ3) is 4.53. The van der Waals surface area contributed by atoms with Crippen LogP contribution in [0.4, 0.5) is 0 Å². The van der Waals surface area contributed by atoms with Crippen molar-refractivity contribution in [3.05, 3.63) is 48.2 Å². The second kappa shape index (κ2) is 8.09. The number of nitrogens with zero attached hydrogens (tertiary/aromatic N) is 2. The maximum absolute atomic E-state index is 5.58. The van der Waals surface area contributed by atoms with Crippen LogP contribution in [-0.2, 0) is 11.3 Å². The first-order valence-electron chi connectivity index (χ1n) is 8.24. The third-order valence-electron chi connectivity index (χ3n) is 4.14. The molecule has 0 saturated carbocycles. The van der Waals surface area contributed by atoms with Gasteiger partial charge in [-0.3, -0.25) is 9.88 Å².